The van der Waals surface area contributed by atoms with E-state index in [1.54, 1.807) is 18.2 Å². The molecule has 3 N–H and O–H groups in total. The number of nitrogens with two attached hydrogens (primary N) is 1. The molecule has 3 nitrogen and oxygen atoms in total. The van der Waals surface area contributed by atoms with Crippen molar-refractivity contribution in [3.8, 4) is 0 Å². The number of carbonyl (C=O) groups is 1. The van der Waals surface area contributed by atoms with E-state index in [-0.39, 0.29) is 5.91 Å². The van der Waals surface area contributed by atoms with Gasteiger partial charge in [-0.2, -0.15) is 0 Å². The number of nitrogen functional groups attached to an aromatic ring is 1. The largest absolute Gasteiger partial charge is 0.398 e. The molecule has 0 radical (unpaired) electrons. The summed E-state index contributed by atoms with van der Waals surface area (Å²) in [5, 5.41) is 3.58. The number of nitrogens with one attached hydrogen (secondary N) is 1. The maximum atomic E-state index is 12.1. The fourth-order valence-electron chi connectivity index (χ4n) is 2.67. The summed E-state index contributed by atoms with van der Waals surface area (Å²) in [4.78, 5) is 12.1. The van der Waals surface area contributed by atoms with E-state index in [2.05, 4.69) is 12.2 Å². The second kappa shape index (κ2) is 6.29. The Morgan fingerprint density at radius 3 is 2.63 bits per heavy atom. The van der Waals surface area contributed by atoms with Gasteiger partial charge in [0.2, 0.25) is 0 Å². The number of hydrogen-bond donors (Lipinski definition) is 2. The van der Waals surface area contributed by atoms with E-state index in [0.29, 0.717) is 22.3 Å². The summed E-state index contributed by atoms with van der Waals surface area (Å²) >= 11 is 5.85. The Labute approximate surface area is 119 Å². The van der Waals surface area contributed by atoms with Crippen molar-refractivity contribution < 1.29 is 4.79 Å². The first-order valence-corrected chi connectivity index (χ1v) is 7.33. The quantitative estimate of drug-likeness (QED) is 0.831. The maximum absolute atomic E-state index is 12.1. The number of anilines is 1. The molecule has 1 aromatic carbocycles. The first kappa shape index (κ1) is 14.2. The molecule has 0 spiro atoms. The Hall–Kier alpha value is -1.22. The van der Waals surface area contributed by atoms with Crippen LogP contribution in [0.1, 0.15) is 49.4 Å². The van der Waals surface area contributed by atoms with Crippen molar-refractivity contribution in [2.75, 3.05) is 5.73 Å². The van der Waals surface area contributed by atoms with Crippen LogP contribution in [0.15, 0.2) is 18.2 Å². The highest BCUT2D eigenvalue weighted by Gasteiger charge is 2.21. The van der Waals surface area contributed by atoms with Gasteiger partial charge in [-0.1, -0.05) is 24.9 Å². The topological polar surface area (TPSA) is 55.1 Å². The number of benzene rings is 1. The Morgan fingerprint density at radius 1 is 1.37 bits per heavy atom. The lowest BCUT2D eigenvalue weighted by molar-refractivity contribution is 0.0921. The van der Waals surface area contributed by atoms with Gasteiger partial charge < -0.3 is 11.1 Å². The molecule has 0 atom stereocenters. The van der Waals surface area contributed by atoms with E-state index < -0.39 is 0 Å². The summed E-state index contributed by atoms with van der Waals surface area (Å²) in [7, 11) is 0. The minimum absolute atomic E-state index is 0.0525. The Balaban J connectivity index is 1.92. The van der Waals surface area contributed by atoms with E-state index in [4.69, 9.17) is 17.3 Å². The van der Waals surface area contributed by atoms with Gasteiger partial charge in [-0.3, -0.25) is 4.79 Å². The lowest BCUT2D eigenvalue weighted by atomic mass is 9.84. The number of carbonyl (C=O) groups excluding carboxylic acids is 1. The predicted octanol–water partition coefficient (Wildman–Crippen LogP) is 3.62. The van der Waals surface area contributed by atoms with Crippen molar-refractivity contribution in [1.29, 1.82) is 0 Å². The molecule has 1 fully saturated rings. The number of amides is 1. The summed E-state index contributed by atoms with van der Waals surface area (Å²) in [6.45, 7) is 2.24. The molecule has 1 aromatic rings. The number of halogens is 1. The van der Waals surface area contributed by atoms with E-state index in [1.165, 1.54) is 19.3 Å². The molecule has 1 aliphatic rings. The minimum Gasteiger partial charge on any atom is -0.398 e. The van der Waals surface area contributed by atoms with Crippen molar-refractivity contribution in [2.45, 2.75) is 45.1 Å². The highest BCUT2D eigenvalue weighted by molar-refractivity contribution is 6.33. The molecule has 104 valence electrons. The predicted molar refractivity (Wildman–Crippen MR) is 79.4 cm³/mol. The first-order valence-electron chi connectivity index (χ1n) is 6.96. The SMILES string of the molecule is CCC1CCC(NC(=O)c2ccc(Cl)c(N)c2)CC1. The average molecular weight is 281 g/mol. The molecule has 1 saturated carbocycles. The molecule has 19 heavy (non-hydrogen) atoms. The lowest BCUT2D eigenvalue weighted by Crippen LogP contribution is -2.37. The van der Waals surface area contributed by atoms with Crippen LogP contribution in [0.4, 0.5) is 5.69 Å². The van der Waals surface area contributed by atoms with E-state index in [1.807, 2.05) is 0 Å². The maximum Gasteiger partial charge on any atom is 0.251 e. The Kier molecular flexibility index (Phi) is 4.70. The Bertz CT molecular complexity index is 453. The van der Waals surface area contributed by atoms with E-state index in [9.17, 15) is 4.79 Å². The second-order valence-corrected chi connectivity index (χ2v) is 5.74. The van der Waals surface area contributed by atoms with Crippen LogP contribution in [0.5, 0.6) is 0 Å². The third-order valence-corrected chi connectivity index (χ3v) is 4.36. The van der Waals surface area contributed by atoms with Gasteiger partial charge in [0, 0.05) is 11.6 Å². The van der Waals surface area contributed by atoms with Gasteiger partial charge in [0.05, 0.1) is 10.7 Å². The normalized spacial score (nSPS) is 23.1. The highest BCUT2D eigenvalue weighted by Crippen LogP contribution is 2.27. The van der Waals surface area contributed by atoms with Crippen LogP contribution in [0, 0.1) is 5.92 Å². The first-order chi connectivity index (χ1) is 9.10. The molecule has 0 heterocycles. The molecular weight excluding hydrogens is 260 g/mol. The van der Waals surface area contributed by atoms with Crippen LogP contribution in [0.3, 0.4) is 0 Å². The van der Waals surface area contributed by atoms with Gasteiger partial charge in [-0.25, -0.2) is 0 Å². The smallest absolute Gasteiger partial charge is 0.251 e. The number of hydrogen-bond acceptors (Lipinski definition) is 2. The summed E-state index contributed by atoms with van der Waals surface area (Å²) in [5.41, 5.74) is 6.75. The van der Waals surface area contributed by atoms with Gasteiger partial charge in [0.25, 0.3) is 5.91 Å². The van der Waals surface area contributed by atoms with Crippen molar-refractivity contribution in [2.24, 2.45) is 5.92 Å². The molecule has 0 aromatic heterocycles. The molecular formula is C15H21ClN2O. The zero-order valence-corrected chi connectivity index (χ0v) is 12.0. The molecule has 4 heteroatoms. The van der Waals surface area contributed by atoms with Crippen molar-refractivity contribution in [1.82, 2.24) is 5.32 Å². The van der Waals surface area contributed by atoms with Crippen LogP contribution in [0.2, 0.25) is 5.02 Å². The fourth-order valence-corrected chi connectivity index (χ4v) is 2.79. The third kappa shape index (κ3) is 3.63. The van der Waals surface area contributed by atoms with Gasteiger partial charge in [0.15, 0.2) is 0 Å². The second-order valence-electron chi connectivity index (χ2n) is 5.34. The van der Waals surface area contributed by atoms with Crippen LogP contribution < -0.4 is 11.1 Å². The van der Waals surface area contributed by atoms with E-state index in [0.717, 1.165) is 18.8 Å². The van der Waals surface area contributed by atoms with Gasteiger partial charge >= 0.3 is 0 Å². The van der Waals surface area contributed by atoms with Gasteiger partial charge in [0.1, 0.15) is 0 Å². The minimum atomic E-state index is -0.0525. The monoisotopic (exact) mass is 280 g/mol. The van der Waals surface area contributed by atoms with Crippen LogP contribution in [-0.2, 0) is 0 Å². The third-order valence-electron chi connectivity index (χ3n) is 4.02. The molecule has 0 unspecified atom stereocenters. The van der Waals surface area contributed by atoms with E-state index >= 15 is 0 Å². The van der Waals surface area contributed by atoms with Crippen LogP contribution in [0.25, 0.3) is 0 Å². The summed E-state index contributed by atoms with van der Waals surface area (Å²) in [5.74, 6) is 0.780. The zero-order chi connectivity index (χ0) is 13.8. The summed E-state index contributed by atoms with van der Waals surface area (Å²) in [6, 6.07) is 5.31. The highest BCUT2D eigenvalue weighted by atomic mass is 35.5. The molecule has 1 aliphatic carbocycles. The van der Waals surface area contributed by atoms with Crippen molar-refractivity contribution in [3.63, 3.8) is 0 Å². The molecule has 1 amide bonds. The zero-order valence-electron chi connectivity index (χ0n) is 11.3. The standard InChI is InChI=1S/C15H21ClN2O/c1-2-10-3-6-12(7-4-10)18-15(19)11-5-8-13(16)14(17)9-11/h5,8-10,12H,2-4,6-7,17H2,1H3,(H,18,19). The summed E-state index contributed by atoms with van der Waals surface area (Å²) < 4.78 is 0. The van der Waals surface area contributed by atoms with Crippen molar-refractivity contribution >= 4 is 23.2 Å². The van der Waals surface area contributed by atoms with Gasteiger partial charge in [-0.15, -0.1) is 0 Å². The van der Waals surface area contributed by atoms with Crippen LogP contribution >= 0.6 is 11.6 Å². The fraction of sp³-hybridized carbons (Fsp3) is 0.533. The van der Waals surface area contributed by atoms with Crippen LogP contribution in [-0.4, -0.2) is 11.9 Å². The summed E-state index contributed by atoms with van der Waals surface area (Å²) in [6.07, 6.45) is 5.82. The van der Waals surface area contributed by atoms with Crippen molar-refractivity contribution in [3.05, 3.63) is 28.8 Å². The molecule has 0 saturated heterocycles. The Morgan fingerprint density at radius 2 is 2.05 bits per heavy atom. The average Bonchev–Trinajstić information content (AvgIpc) is 2.42. The molecule has 0 aliphatic heterocycles. The molecule has 2 rings (SSSR count). The molecule has 0 bridgehead atoms. The van der Waals surface area contributed by atoms with Gasteiger partial charge in [-0.05, 0) is 49.8 Å². The number of rotatable bonds is 3. The lowest BCUT2D eigenvalue weighted by Gasteiger charge is -2.28.